The maximum Gasteiger partial charge on any atom is 0.305 e. The summed E-state index contributed by atoms with van der Waals surface area (Å²) in [6, 6.07) is 6.25. The van der Waals surface area contributed by atoms with E-state index < -0.39 is 0 Å². The van der Waals surface area contributed by atoms with E-state index in [2.05, 4.69) is 46.3 Å². The lowest BCUT2D eigenvalue weighted by Gasteiger charge is -2.13. The van der Waals surface area contributed by atoms with Crippen molar-refractivity contribution in [1.29, 1.82) is 0 Å². The highest BCUT2D eigenvalue weighted by Gasteiger charge is 2.04. The fraction of sp³-hybridized carbons (Fsp3) is 0.619. The van der Waals surface area contributed by atoms with Gasteiger partial charge in [-0.15, -0.1) is 24.0 Å². The smallest absolute Gasteiger partial charge is 0.305 e. The molecule has 0 fully saturated rings. The molecule has 160 valence electrons. The topological polar surface area (TPSA) is 72.0 Å². The normalized spacial score (nSPS) is 10.8. The van der Waals surface area contributed by atoms with E-state index in [0.717, 1.165) is 63.4 Å². The number of hydrogen-bond acceptors (Lipinski definition) is 4. The number of hydrogen-bond donors (Lipinski definition) is 2. The number of aliphatic imine (C=N–C) groups is 1. The average molecular weight is 505 g/mol. The van der Waals surface area contributed by atoms with Crippen LogP contribution in [0.1, 0.15) is 50.2 Å². The van der Waals surface area contributed by atoms with E-state index in [-0.39, 0.29) is 29.9 Å². The number of carbonyl (C=O) groups excluding carboxylic acids is 1. The number of guanidine groups is 1. The largest absolute Gasteiger partial charge is 0.496 e. The second-order valence-corrected chi connectivity index (χ2v) is 6.49. The zero-order valence-corrected chi connectivity index (χ0v) is 20.0. The number of nitrogens with zero attached hydrogens (tertiary/aromatic N) is 1. The predicted molar refractivity (Wildman–Crippen MR) is 126 cm³/mol. The third-order valence-electron chi connectivity index (χ3n) is 4.25. The second kappa shape index (κ2) is 16.4. The lowest BCUT2D eigenvalue weighted by molar-refractivity contribution is -0.140. The second-order valence-electron chi connectivity index (χ2n) is 6.49. The molecule has 1 aromatic rings. The Morgan fingerprint density at radius 1 is 1.11 bits per heavy atom. The predicted octanol–water partition coefficient (Wildman–Crippen LogP) is 3.84. The quantitative estimate of drug-likeness (QED) is 0.149. The molecule has 6 nitrogen and oxygen atoms in total. The van der Waals surface area contributed by atoms with Crippen LogP contribution in [0.2, 0.25) is 0 Å². The number of aryl methyl sites for hydroxylation is 1. The van der Waals surface area contributed by atoms with Crippen LogP contribution in [0.4, 0.5) is 0 Å². The standard InChI is InChI=1S/C21H35N3O3.HI/c1-5-22-21(23-14-9-7-6-8-10-20(25)27-4)24-15-13-18-16-17(2)11-12-19(18)26-3;/h11-12,16H,5-10,13-15H2,1-4H3,(H2,22,23,24);1H. The van der Waals surface area contributed by atoms with Gasteiger partial charge in [-0.3, -0.25) is 9.79 Å². The number of halogens is 1. The first kappa shape index (κ1) is 26.5. The van der Waals surface area contributed by atoms with Crippen molar-refractivity contribution in [2.45, 2.75) is 52.4 Å². The third kappa shape index (κ3) is 11.4. The van der Waals surface area contributed by atoms with Crippen LogP contribution >= 0.6 is 24.0 Å². The van der Waals surface area contributed by atoms with E-state index >= 15 is 0 Å². The van der Waals surface area contributed by atoms with Gasteiger partial charge in [0.05, 0.1) is 14.2 Å². The third-order valence-corrected chi connectivity index (χ3v) is 4.25. The summed E-state index contributed by atoms with van der Waals surface area (Å²) >= 11 is 0. The Hall–Kier alpha value is -1.51. The lowest BCUT2D eigenvalue weighted by Crippen LogP contribution is -2.38. The Balaban J connectivity index is 0.00000729. The minimum atomic E-state index is -0.128. The summed E-state index contributed by atoms with van der Waals surface area (Å²) in [4.78, 5) is 15.7. The number of carbonyl (C=O) groups is 1. The summed E-state index contributed by atoms with van der Waals surface area (Å²) in [7, 11) is 3.14. The molecule has 0 radical (unpaired) electrons. The Kier molecular flexibility index (Phi) is 15.6. The highest BCUT2D eigenvalue weighted by molar-refractivity contribution is 14.0. The molecule has 0 heterocycles. The number of methoxy groups -OCH3 is 2. The van der Waals surface area contributed by atoms with Gasteiger partial charge in [0.25, 0.3) is 0 Å². The van der Waals surface area contributed by atoms with Crippen LogP contribution in [0.25, 0.3) is 0 Å². The Morgan fingerprint density at radius 2 is 1.86 bits per heavy atom. The molecular formula is C21H36IN3O3. The minimum absolute atomic E-state index is 0. The maximum absolute atomic E-state index is 11.1. The first-order valence-corrected chi connectivity index (χ1v) is 9.83. The van der Waals surface area contributed by atoms with Crippen LogP contribution in [-0.4, -0.2) is 45.8 Å². The SMILES string of the molecule is CCNC(=NCCCCCCC(=O)OC)NCCc1cc(C)ccc1OC.I. The molecule has 0 spiro atoms. The molecule has 2 N–H and O–H groups in total. The summed E-state index contributed by atoms with van der Waals surface area (Å²) in [6.07, 6.45) is 5.38. The van der Waals surface area contributed by atoms with E-state index in [9.17, 15) is 4.79 Å². The van der Waals surface area contributed by atoms with Crippen molar-refractivity contribution >= 4 is 35.9 Å². The molecule has 0 amide bonds. The van der Waals surface area contributed by atoms with E-state index in [4.69, 9.17) is 4.74 Å². The molecule has 0 aromatic heterocycles. The average Bonchev–Trinajstić information content (AvgIpc) is 2.67. The van der Waals surface area contributed by atoms with Crippen molar-refractivity contribution in [2.24, 2.45) is 4.99 Å². The number of esters is 1. The van der Waals surface area contributed by atoms with E-state index in [0.29, 0.717) is 6.42 Å². The molecule has 1 aromatic carbocycles. The molecule has 0 unspecified atom stereocenters. The van der Waals surface area contributed by atoms with Gasteiger partial charge in [-0.1, -0.05) is 30.5 Å². The molecule has 0 aliphatic rings. The molecule has 28 heavy (non-hydrogen) atoms. The minimum Gasteiger partial charge on any atom is -0.496 e. The van der Waals surface area contributed by atoms with Crippen LogP contribution < -0.4 is 15.4 Å². The van der Waals surface area contributed by atoms with Crippen LogP contribution in [0.5, 0.6) is 5.75 Å². The summed E-state index contributed by atoms with van der Waals surface area (Å²) in [5.74, 6) is 1.65. The van der Waals surface area contributed by atoms with Gasteiger partial charge in [0, 0.05) is 26.1 Å². The first-order valence-electron chi connectivity index (χ1n) is 9.83. The molecule has 7 heteroatoms. The van der Waals surface area contributed by atoms with Crippen LogP contribution in [0, 0.1) is 6.92 Å². The zero-order valence-electron chi connectivity index (χ0n) is 17.7. The molecule has 0 aliphatic carbocycles. The van der Waals surface area contributed by atoms with Crippen molar-refractivity contribution in [2.75, 3.05) is 33.9 Å². The van der Waals surface area contributed by atoms with Crippen LogP contribution in [-0.2, 0) is 16.0 Å². The lowest BCUT2D eigenvalue weighted by atomic mass is 10.1. The van der Waals surface area contributed by atoms with E-state index in [1.807, 2.05) is 6.07 Å². The van der Waals surface area contributed by atoms with Crippen molar-refractivity contribution in [1.82, 2.24) is 10.6 Å². The van der Waals surface area contributed by atoms with Crippen molar-refractivity contribution in [3.8, 4) is 5.75 Å². The highest BCUT2D eigenvalue weighted by atomic mass is 127. The van der Waals surface area contributed by atoms with Gasteiger partial charge in [0.15, 0.2) is 5.96 Å². The van der Waals surface area contributed by atoms with Crippen molar-refractivity contribution in [3.63, 3.8) is 0 Å². The Bertz CT molecular complexity index is 594. The van der Waals surface area contributed by atoms with Gasteiger partial charge in [0.2, 0.25) is 0 Å². The van der Waals surface area contributed by atoms with Gasteiger partial charge >= 0.3 is 5.97 Å². The molecule has 0 saturated heterocycles. The van der Waals surface area contributed by atoms with Crippen molar-refractivity contribution < 1.29 is 14.3 Å². The summed E-state index contributed by atoms with van der Waals surface area (Å²) in [6.45, 7) is 6.56. The van der Waals surface area contributed by atoms with E-state index in [1.54, 1.807) is 7.11 Å². The number of nitrogens with one attached hydrogen (secondary N) is 2. The number of benzene rings is 1. The van der Waals surface area contributed by atoms with Gasteiger partial charge in [0.1, 0.15) is 5.75 Å². The molecule has 0 aliphatic heterocycles. The van der Waals surface area contributed by atoms with Crippen LogP contribution in [0.15, 0.2) is 23.2 Å². The van der Waals surface area contributed by atoms with Crippen LogP contribution in [0.3, 0.4) is 0 Å². The Morgan fingerprint density at radius 3 is 2.54 bits per heavy atom. The maximum atomic E-state index is 11.1. The number of ether oxygens (including phenoxy) is 2. The van der Waals surface area contributed by atoms with E-state index in [1.165, 1.54) is 18.2 Å². The number of rotatable bonds is 12. The fourth-order valence-electron chi connectivity index (χ4n) is 2.79. The fourth-order valence-corrected chi connectivity index (χ4v) is 2.79. The summed E-state index contributed by atoms with van der Waals surface area (Å²) in [5.41, 5.74) is 2.44. The Labute approximate surface area is 186 Å². The molecule has 0 bridgehead atoms. The van der Waals surface area contributed by atoms with Gasteiger partial charge < -0.3 is 20.1 Å². The van der Waals surface area contributed by atoms with Gasteiger partial charge in [-0.2, -0.15) is 0 Å². The number of unbranched alkanes of at least 4 members (excludes halogenated alkanes) is 3. The highest BCUT2D eigenvalue weighted by Crippen LogP contribution is 2.19. The summed E-state index contributed by atoms with van der Waals surface area (Å²) < 4.78 is 10.1. The van der Waals surface area contributed by atoms with Crippen molar-refractivity contribution in [3.05, 3.63) is 29.3 Å². The first-order chi connectivity index (χ1) is 13.1. The zero-order chi connectivity index (χ0) is 19.9. The van der Waals surface area contributed by atoms with Gasteiger partial charge in [-0.25, -0.2) is 0 Å². The van der Waals surface area contributed by atoms with Gasteiger partial charge in [-0.05, 0) is 44.7 Å². The molecule has 0 atom stereocenters. The molecular weight excluding hydrogens is 469 g/mol. The monoisotopic (exact) mass is 505 g/mol. The molecule has 0 saturated carbocycles. The molecule has 1 rings (SSSR count). The summed E-state index contributed by atoms with van der Waals surface area (Å²) in [5, 5.41) is 6.67.